The molecule has 0 bridgehead atoms. The lowest BCUT2D eigenvalue weighted by molar-refractivity contribution is -0.127. The molecule has 0 aromatic heterocycles. The van der Waals surface area contributed by atoms with E-state index in [1.54, 1.807) is 0 Å². The van der Waals surface area contributed by atoms with Crippen LogP contribution in [0.2, 0.25) is 0 Å². The molecule has 3 unspecified atom stereocenters. The summed E-state index contributed by atoms with van der Waals surface area (Å²) >= 11 is 0. The van der Waals surface area contributed by atoms with Crippen molar-refractivity contribution in [1.29, 1.82) is 0 Å². The fourth-order valence-corrected chi connectivity index (χ4v) is 2.55. The first-order chi connectivity index (χ1) is 6.70. The summed E-state index contributed by atoms with van der Waals surface area (Å²) in [5, 5.41) is 0. The molecular weight excluding hydrogens is 174 g/mol. The zero-order chi connectivity index (χ0) is 10.6. The van der Waals surface area contributed by atoms with Crippen LogP contribution in [0.25, 0.3) is 0 Å². The lowest BCUT2D eigenvalue weighted by Gasteiger charge is -2.31. The van der Waals surface area contributed by atoms with Crippen LogP contribution in [0.5, 0.6) is 0 Å². The number of Topliss-reactive ketones (excluding diaryl/α,β-unsaturated/α-hetero) is 1. The van der Waals surface area contributed by atoms with Gasteiger partial charge in [-0.15, -0.1) is 0 Å². The summed E-state index contributed by atoms with van der Waals surface area (Å²) in [4.78, 5) is 12.0. The minimum absolute atomic E-state index is 0.216. The van der Waals surface area contributed by atoms with Gasteiger partial charge in [0.1, 0.15) is 0 Å². The Morgan fingerprint density at radius 2 is 2.00 bits per heavy atom. The van der Waals surface area contributed by atoms with Crippen molar-refractivity contribution in [3.63, 3.8) is 0 Å². The third kappa shape index (κ3) is 2.57. The summed E-state index contributed by atoms with van der Waals surface area (Å²) in [6.45, 7) is 4.18. The van der Waals surface area contributed by atoms with E-state index in [0.717, 1.165) is 19.3 Å². The highest BCUT2D eigenvalue weighted by atomic mass is 16.1. The van der Waals surface area contributed by atoms with Crippen LogP contribution < -0.4 is 5.73 Å². The maximum atomic E-state index is 12.0. The van der Waals surface area contributed by atoms with Gasteiger partial charge >= 0.3 is 0 Å². The second-order valence-electron chi connectivity index (χ2n) is 4.48. The predicted octanol–water partition coefficient (Wildman–Crippen LogP) is 2.51. The normalized spacial score (nSPS) is 29.9. The zero-order valence-corrected chi connectivity index (χ0v) is 9.46. The highest BCUT2D eigenvalue weighted by Gasteiger charge is 2.31. The number of hydrogen-bond acceptors (Lipinski definition) is 2. The van der Waals surface area contributed by atoms with Gasteiger partial charge in [0, 0.05) is 5.92 Å². The zero-order valence-electron chi connectivity index (χ0n) is 9.46. The molecule has 1 saturated carbocycles. The number of rotatable bonds is 4. The molecule has 0 heterocycles. The molecule has 0 spiro atoms. The molecule has 1 rings (SSSR count). The molecule has 0 aliphatic heterocycles. The molecule has 82 valence electrons. The Hall–Kier alpha value is -0.370. The fourth-order valence-electron chi connectivity index (χ4n) is 2.55. The molecule has 2 nitrogen and oxygen atoms in total. The number of ketones is 1. The van der Waals surface area contributed by atoms with E-state index < -0.39 is 0 Å². The lowest BCUT2D eigenvalue weighted by Crippen LogP contribution is -2.39. The van der Waals surface area contributed by atoms with Crippen LogP contribution in [0.15, 0.2) is 0 Å². The van der Waals surface area contributed by atoms with Gasteiger partial charge < -0.3 is 5.73 Å². The third-order valence-electron chi connectivity index (χ3n) is 3.60. The summed E-state index contributed by atoms with van der Waals surface area (Å²) in [7, 11) is 0. The van der Waals surface area contributed by atoms with Crippen molar-refractivity contribution >= 4 is 5.78 Å². The van der Waals surface area contributed by atoms with E-state index in [-0.39, 0.29) is 12.0 Å². The number of nitrogens with two attached hydrogens (primary N) is 1. The molecule has 2 heteroatoms. The van der Waals surface area contributed by atoms with Crippen molar-refractivity contribution in [2.45, 2.75) is 58.4 Å². The standard InChI is InChI=1S/C12H23NO/c1-3-9-7-5-6-8-10(9)12(14)11(13)4-2/h9-11H,3-8,13H2,1-2H3. The van der Waals surface area contributed by atoms with Crippen LogP contribution in [0.3, 0.4) is 0 Å². The molecule has 0 aromatic carbocycles. The summed E-state index contributed by atoms with van der Waals surface area (Å²) < 4.78 is 0. The molecule has 2 N–H and O–H groups in total. The van der Waals surface area contributed by atoms with Gasteiger partial charge in [0.15, 0.2) is 5.78 Å². The summed E-state index contributed by atoms with van der Waals surface area (Å²) in [5.41, 5.74) is 5.81. The Morgan fingerprint density at radius 3 is 2.57 bits per heavy atom. The Bertz CT molecular complexity index is 191. The first-order valence-corrected chi connectivity index (χ1v) is 6.00. The van der Waals surface area contributed by atoms with Crippen LogP contribution in [0, 0.1) is 11.8 Å². The molecule has 0 radical (unpaired) electrons. The average Bonchev–Trinajstić information content (AvgIpc) is 2.26. The second kappa shape index (κ2) is 5.50. The maximum absolute atomic E-state index is 12.0. The summed E-state index contributed by atoms with van der Waals surface area (Å²) in [5.74, 6) is 1.19. The Balaban J connectivity index is 2.58. The minimum Gasteiger partial charge on any atom is -0.322 e. The van der Waals surface area contributed by atoms with Gasteiger partial charge in [-0.25, -0.2) is 0 Å². The molecule has 0 aromatic rings. The fraction of sp³-hybridized carbons (Fsp3) is 0.917. The van der Waals surface area contributed by atoms with Crippen LogP contribution >= 0.6 is 0 Å². The summed E-state index contributed by atoms with van der Waals surface area (Å²) in [6, 6.07) is -0.216. The topological polar surface area (TPSA) is 43.1 Å². The van der Waals surface area contributed by atoms with Crippen molar-refractivity contribution in [3.05, 3.63) is 0 Å². The van der Waals surface area contributed by atoms with E-state index in [0.29, 0.717) is 11.7 Å². The molecule has 1 aliphatic rings. The van der Waals surface area contributed by atoms with Crippen LogP contribution in [0.4, 0.5) is 0 Å². The quantitative estimate of drug-likeness (QED) is 0.752. The molecular formula is C12H23NO. The van der Waals surface area contributed by atoms with E-state index in [4.69, 9.17) is 5.73 Å². The van der Waals surface area contributed by atoms with Gasteiger partial charge in [-0.1, -0.05) is 33.1 Å². The molecule has 3 atom stereocenters. The highest BCUT2D eigenvalue weighted by Crippen LogP contribution is 2.33. The van der Waals surface area contributed by atoms with Crippen molar-refractivity contribution in [2.75, 3.05) is 0 Å². The van der Waals surface area contributed by atoms with Gasteiger partial charge in [-0.05, 0) is 25.2 Å². The smallest absolute Gasteiger partial charge is 0.152 e. The van der Waals surface area contributed by atoms with Gasteiger partial charge in [-0.3, -0.25) is 4.79 Å². The number of carbonyl (C=O) groups is 1. The number of carbonyl (C=O) groups excluding carboxylic acids is 1. The van der Waals surface area contributed by atoms with Crippen LogP contribution in [0.1, 0.15) is 52.4 Å². The van der Waals surface area contributed by atoms with E-state index in [2.05, 4.69) is 6.92 Å². The SMILES string of the molecule is CCC(N)C(=O)C1CCCCC1CC. The lowest BCUT2D eigenvalue weighted by atomic mass is 9.74. The maximum Gasteiger partial charge on any atom is 0.152 e. The van der Waals surface area contributed by atoms with E-state index in [1.807, 2.05) is 6.92 Å². The average molecular weight is 197 g/mol. The molecule has 1 fully saturated rings. The van der Waals surface area contributed by atoms with Crippen molar-refractivity contribution in [2.24, 2.45) is 17.6 Å². The largest absolute Gasteiger partial charge is 0.322 e. The minimum atomic E-state index is -0.216. The van der Waals surface area contributed by atoms with E-state index in [1.165, 1.54) is 19.3 Å². The van der Waals surface area contributed by atoms with Gasteiger partial charge in [0.2, 0.25) is 0 Å². The van der Waals surface area contributed by atoms with Crippen LogP contribution in [-0.4, -0.2) is 11.8 Å². The van der Waals surface area contributed by atoms with Gasteiger partial charge in [-0.2, -0.15) is 0 Å². The van der Waals surface area contributed by atoms with Gasteiger partial charge in [0.05, 0.1) is 6.04 Å². The molecule has 0 saturated heterocycles. The summed E-state index contributed by atoms with van der Waals surface area (Å²) in [6.07, 6.45) is 6.72. The number of hydrogen-bond donors (Lipinski definition) is 1. The highest BCUT2D eigenvalue weighted by molar-refractivity contribution is 5.86. The Kier molecular flexibility index (Phi) is 4.59. The van der Waals surface area contributed by atoms with Gasteiger partial charge in [0.25, 0.3) is 0 Å². The van der Waals surface area contributed by atoms with E-state index >= 15 is 0 Å². The third-order valence-corrected chi connectivity index (χ3v) is 3.60. The predicted molar refractivity (Wildman–Crippen MR) is 59.0 cm³/mol. The van der Waals surface area contributed by atoms with E-state index in [9.17, 15) is 4.79 Å². The molecule has 1 aliphatic carbocycles. The second-order valence-corrected chi connectivity index (χ2v) is 4.48. The van der Waals surface area contributed by atoms with Crippen molar-refractivity contribution < 1.29 is 4.79 Å². The first-order valence-electron chi connectivity index (χ1n) is 6.00. The molecule has 0 amide bonds. The van der Waals surface area contributed by atoms with Crippen LogP contribution in [-0.2, 0) is 4.79 Å². The Labute approximate surface area is 87.2 Å². The monoisotopic (exact) mass is 197 g/mol. The van der Waals surface area contributed by atoms with Crippen molar-refractivity contribution in [3.8, 4) is 0 Å². The first kappa shape index (κ1) is 11.7. The van der Waals surface area contributed by atoms with Crippen molar-refractivity contribution in [1.82, 2.24) is 0 Å². The Morgan fingerprint density at radius 1 is 1.36 bits per heavy atom. The molecule has 14 heavy (non-hydrogen) atoms.